The number of hydrogen-bond donors (Lipinski definition) is 20. The largest absolute Gasteiger partial charge is 0.508 e. The second-order valence-electron chi connectivity index (χ2n) is 32.7. The third-order valence-corrected chi connectivity index (χ3v) is 23.7. The second-order valence-corrected chi connectivity index (χ2v) is 33.5. The number of hydrogen-bond acceptors (Lipinski definition) is 28. The van der Waals surface area contributed by atoms with Crippen LogP contribution in [0.4, 0.5) is 0 Å². The van der Waals surface area contributed by atoms with Gasteiger partial charge in [-0.3, -0.25) is 38.5 Å². The van der Waals surface area contributed by atoms with Gasteiger partial charge in [0.05, 0.1) is 16.7 Å². The molecule has 0 aliphatic carbocycles. The lowest BCUT2D eigenvalue weighted by Gasteiger charge is -2.41. The van der Waals surface area contributed by atoms with Gasteiger partial charge in [0.2, 0.25) is 59.7 Å². The minimum atomic E-state index is -2.48. The van der Waals surface area contributed by atoms with E-state index in [1.54, 1.807) is 30.1 Å². The van der Waals surface area contributed by atoms with Gasteiger partial charge in [0.25, 0.3) is 0 Å². The Kier molecular flexibility index (Phi) is 28.4. The zero-order valence-electron chi connectivity index (χ0n) is 69.2. The number of phenolic OH excluding ortho intramolecular Hbond substituents is 4. The number of carbonyl (C=O) groups is 9. The van der Waals surface area contributed by atoms with Gasteiger partial charge in [0.15, 0.2) is 35.1 Å². The molecule has 682 valence electrons. The van der Waals surface area contributed by atoms with E-state index in [-0.39, 0.29) is 46.9 Å². The highest BCUT2D eigenvalue weighted by atomic mass is 35.5. The molecule has 8 aromatic carbocycles. The maximum atomic E-state index is 16.8. The summed E-state index contributed by atoms with van der Waals surface area (Å²) in [5.41, 5.74) is -2.54. The molecule has 2 saturated heterocycles. The molecule has 8 unspecified atom stereocenters. The number of rotatable bonds is 20. The highest BCUT2D eigenvalue weighted by Gasteiger charge is 2.52. The number of unbranched alkanes of at least 4 members (excludes halogenated alkanes) is 5. The molecule has 0 saturated carbocycles. The standard InChI is InChI=1S/C90H94Cl2N8O29/c1-39(2)13-9-6-4-5-7-12-16-63(106)94-71-75(109)77(111)80(88(121)122)129-89(71)128-79-60-31-45-32-61(79)125-57-26-21-44(29-52(57)91)73(107)70-85(117)98-69(87(119)120)50-33-46(102)34-59(126-90-78(112)76(110)74(108)62(38-101)127-90)64(50)49-28-42(19-24-54(49)103)66(82(114)99-70)95-83(115)67(45)96-84(116)68-51-35-48(36-56(105)65(51)92)124-58-30-43(20-25-55(58)104)72(100(3)37-41-14-10-8-11-15-41)86(118)93-53(81(113)97-68)27-40-17-22-47(123-60)23-18-40/h8,10-11,14-15,17-26,28-36,39,53,62,66-78,80,89-90,101-105,107-112H,4-7,9,12-13,16,27,37-38H2,1-3H3,(H,93,118)(H,94,106)(H,95,115)(H,96,116)(H,97,113)(H,98,117)(H,99,114)(H,119,120)(H,121,122)/t53?,62-,66?,67?,68?,69?,70?,71-,72?,73?,74-,75-,76+,77+,78+,80+,89-,90+/m1/s1. The number of carboxylic acids is 2. The number of aliphatic hydroxyl groups is 7. The molecule has 17 bridgehead atoms. The summed E-state index contributed by atoms with van der Waals surface area (Å²) < 4.78 is 44.3. The normalized spacial score (nSPS) is 25.7. The summed E-state index contributed by atoms with van der Waals surface area (Å²) in [6.45, 7) is 3.37. The molecule has 20 N–H and O–H groups in total. The summed E-state index contributed by atoms with van der Waals surface area (Å²) in [6, 6.07) is 13.6. The molecule has 8 aliphatic rings. The minimum Gasteiger partial charge on any atom is -0.508 e. The van der Waals surface area contributed by atoms with E-state index < -0.39 is 271 Å². The summed E-state index contributed by atoms with van der Waals surface area (Å²) in [7, 11) is 1.62. The third kappa shape index (κ3) is 20.4. The quantitative estimate of drug-likeness (QED) is 0.0383. The number of aliphatic carboxylic acids is 2. The van der Waals surface area contributed by atoms with E-state index >= 15 is 28.8 Å². The molecule has 2 fully saturated rings. The van der Waals surface area contributed by atoms with Gasteiger partial charge in [-0.05, 0) is 126 Å². The first-order valence-corrected chi connectivity index (χ1v) is 42.2. The van der Waals surface area contributed by atoms with Gasteiger partial charge in [0.1, 0.15) is 125 Å². The van der Waals surface area contributed by atoms with E-state index in [2.05, 4.69) is 51.1 Å². The van der Waals surface area contributed by atoms with Crippen LogP contribution in [0.3, 0.4) is 0 Å². The predicted molar refractivity (Wildman–Crippen MR) is 452 cm³/mol. The Labute approximate surface area is 745 Å². The summed E-state index contributed by atoms with van der Waals surface area (Å²) in [5, 5.41) is 166. The maximum absolute atomic E-state index is 16.8. The van der Waals surface area contributed by atoms with Crippen LogP contribution in [0, 0.1) is 5.92 Å². The number of phenols is 4. The fourth-order valence-electron chi connectivity index (χ4n) is 16.3. The molecule has 8 heterocycles. The lowest BCUT2D eigenvalue weighted by atomic mass is 9.89. The van der Waals surface area contributed by atoms with E-state index in [1.165, 1.54) is 42.5 Å². The molecular weight excluding hydrogens is 1730 g/mol. The van der Waals surface area contributed by atoms with Crippen molar-refractivity contribution in [2.75, 3.05) is 13.7 Å². The molecule has 129 heavy (non-hydrogen) atoms. The SMILES string of the molecule is CC(C)CCCCCCCCC(=O)N[C@H]1[C@H](Oc2c3cc4cc2Oc2ccc(cc2Cl)C(O)C2NC(=O)C(NC(=O)C4NC(=O)C4NC(=O)C(Cc5ccc(cc5)O3)NC(=O)C(N(C)Cc3ccccc3)c3ccc(O)c(c3)Oc3cc(O)c(Cl)c4c3)c3ccc(O)c(c3)-c3c(O[C@H]4O[C@H](CO)[C@@H](O)[C@H](O)[C@@H]4O)cc(O)cc3C(C(=O)O)NC2=O)O[C@H](C(=O)O)[C@@H](O)[C@@H]1O. The molecular formula is C90H94Cl2N8O29. The van der Waals surface area contributed by atoms with Gasteiger partial charge in [-0.15, -0.1) is 0 Å². The average Bonchev–Trinajstić information content (AvgIpc) is 0.760. The Morgan fingerprint density at radius 2 is 1.18 bits per heavy atom. The summed E-state index contributed by atoms with van der Waals surface area (Å²) in [6.07, 6.45) is -16.4. The van der Waals surface area contributed by atoms with Gasteiger partial charge in [-0.2, -0.15) is 0 Å². The van der Waals surface area contributed by atoms with Gasteiger partial charge in [-0.25, -0.2) is 9.59 Å². The second kappa shape index (κ2) is 39.5. The first-order chi connectivity index (χ1) is 61.6. The first kappa shape index (κ1) is 92.5. The minimum absolute atomic E-state index is 0.103. The fraction of sp³-hybridized carbons (Fsp3) is 0.367. The van der Waals surface area contributed by atoms with Crippen LogP contribution in [0.5, 0.6) is 69.0 Å². The average molecular weight is 1820 g/mol. The Balaban J connectivity index is 0.983. The number of nitrogens with one attached hydrogen (secondary N) is 7. The Hall–Kier alpha value is -12.6. The van der Waals surface area contributed by atoms with Crippen molar-refractivity contribution >= 4 is 76.5 Å². The Morgan fingerprint density at radius 1 is 0.535 bits per heavy atom. The number of aromatic hydroxyl groups is 4. The highest BCUT2D eigenvalue weighted by Crippen LogP contribution is 2.51. The van der Waals surface area contributed by atoms with Crippen molar-refractivity contribution in [3.8, 4) is 80.1 Å². The molecule has 39 heteroatoms. The van der Waals surface area contributed by atoms with E-state index in [4.69, 9.17) is 56.4 Å². The number of carbonyl (C=O) groups excluding carboxylic acids is 7. The number of aliphatic hydroxyl groups excluding tert-OH is 7. The van der Waals surface area contributed by atoms with Gasteiger partial charge in [0, 0.05) is 53.8 Å². The van der Waals surface area contributed by atoms with Crippen LogP contribution < -0.4 is 60.9 Å². The Bertz CT molecular complexity index is 5600. The van der Waals surface area contributed by atoms with Crippen LogP contribution in [0.2, 0.25) is 10.0 Å². The molecule has 0 radical (unpaired) electrons. The van der Waals surface area contributed by atoms with Crippen molar-refractivity contribution in [3.05, 3.63) is 200 Å². The number of halogens is 2. The van der Waals surface area contributed by atoms with Gasteiger partial charge >= 0.3 is 11.9 Å². The number of nitrogens with zero attached hydrogens (tertiary/aromatic N) is 1. The van der Waals surface area contributed by atoms with Crippen LogP contribution in [-0.2, 0) is 65.6 Å². The topological polar surface area (TPSA) is 569 Å². The van der Waals surface area contributed by atoms with Crippen molar-refractivity contribution in [1.29, 1.82) is 0 Å². The molecule has 0 aromatic heterocycles. The van der Waals surface area contributed by atoms with Crippen molar-refractivity contribution < 1.29 is 143 Å². The molecule has 37 nitrogen and oxygen atoms in total. The van der Waals surface area contributed by atoms with Crippen LogP contribution in [0.1, 0.15) is 146 Å². The van der Waals surface area contributed by atoms with Crippen LogP contribution >= 0.6 is 23.2 Å². The van der Waals surface area contributed by atoms with Crippen molar-refractivity contribution in [2.24, 2.45) is 5.92 Å². The number of likely N-dealkylation sites (N-methyl/N-ethyl adjacent to an activating group) is 1. The molecule has 8 aliphatic heterocycles. The fourth-order valence-corrected chi connectivity index (χ4v) is 16.7. The molecule has 18 atom stereocenters. The Morgan fingerprint density at radius 3 is 1.88 bits per heavy atom. The van der Waals surface area contributed by atoms with Crippen molar-refractivity contribution in [2.45, 2.75) is 188 Å². The van der Waals surface area contributed by atoms with E-state index in [1.807, 2.05) is 12.1 Å². The van der Waals surface area contributed by atoms with Gasteiger partial charge < -0.3 is 137 Å². The number of amides is 7. The number of carboxylic acid groups (broad SMARTS) is 2. The van der Waals surface area contributed by atoms with E-state index in [9.17, 15) is 80.8 Å². The smallest absolute Gasteiger partial charge is 0.335 e. The van der Waals surface area contributed by atoms with E-state index in [0.29, 0.717) is 18.8 Å². The molecule has 7 amide bonds. The number of ether oxygens (including phenoxy) is 7. The zero-order valence-corrected chi connectivity index (χ0v) is 70.7. The number of benzene rings is 8. The molecule has 16 rings (SSSR count). The van der Waals surface area contributed by atoms with E-state index in [0.717, 1.165) is 110 Å². The summed E-state index contributed by atoms with van der Waals surface area (Å²) >= 11 is 14.3. The maximum Gasteiger partial charge on any atom is 0.335 e. The first-order valence-electron chi connectivity index (χ1n) is 41.4. The van der Waals surface area contributed by atoms with Crippen molar-refractivity contribution in [1.82, 2.24) is 42.1 Å². The molecule has 8 aromatic rings. The summed E-state index contributed by atoms with van der Waals surface area (Å²) in [5.74, 6) is -19.0. The lowest BCUT2D eigenvalue weighted by Crippen LogP contribution is -2.66. The van der Waals surface area contributed by atoms with Crippen LogP contribution in [0.25, 0.3) is 11.1 Å². The highest BCUT2D eigenvalue weighted by molar-refractivity contribution is 6.33. The number of fused-ring (bicyclic) bond motifs is 14. The van der Waals surface area contributed by atoms with Crippen LogP contribution in [-0.4, -0.2) is 212 Å². The monoisotopic (exact) mass is 1820 g/mol. The van der Waals surface area contributed by atoms with Crippen molar-refractivity contribution in [3.63, 3.8) is 0 Å². The molecule has 0 spiro atoms. The third-order valence-electron chi connectivity index (χ3n) is 23.0. The summed E-state index contributed by atoms with van der Waals surface area (Å²) in [4.78, 5) is 139. The van der Waals surface area contributed by atoms with Gasteiger partial charge in [-0.1, -0.05) is 136 Å². The predicted octanol–water partition coefficient (Wildman–Crippen LogP) is 6.10. The van der Waals surface area contributed by atoms with Crippen LogP contribution in [0.15, 0.2) is 146 Å². The zero-order chi connectivity index (χ0) is 92.2. The lowest BCUT2D eigenvalue weighted by molar-refractivity contribution is -0.277.